The highest BCUT2D eigenvalue weighted by molar-refractivity contribution is 5.93. The van der Waals surface area contributed by atoms with Crippen molar-refractivity contribution in [1.82, 2.24) is 0 Å². The molecule has 0 bridgehead atoms. The average molecular weight is 223 g/mol. The summed E-state index contributed by atoms with van der Waals surface area (Å²) in [6, 6.07) is 4.08. The summed E-state index contributed by atoms with van der Waals surface area (Å²) in [5, 5.41) is 9.85. The highest BCUT2D eigenvalue weighted by atomic mass is 19.1. The number of rotatable bonds is 0. The molecule has 0 fully saturated rings. The first-order valence-electron chi connectivity index (χ1n) is 5.28. The smallest absolute Gasteiger partial charge is 0.224 e. The lowest BCUT2D eigenvalue weighted by Crippen LogP contribution is -2.42. The van der Waals surface area contributed by atoms with Crippen LogP contribution < -0.4 is 4.90 Å². The lowest BCUT2D eigenvalue weighted by molar-refractivity contribution is -0.117. The zero-order chi connectivity index (χ0) is 11.9. The predicted octanol–water partition coefficient (Wildman–Crippen LogP) is 2.00. The minimum absolute atomic E-state index is 0.0644. The molecule has 1 aliphatic heterocycles. The number of amides is 1. The Morgan fingerprint density at radius 3 is 2.88 bits per heavy atom. The molecule has 0 aromatic heterocycles. The SMILES string of the molecule is CC(=O)N1c2ccc(F)cc2[C@@H](O)C[C@H]1C. The third-order valence-corrected chi connectivity index (χ3v) is 2.95. The Kier molecular flexibility index (Phi) is 2.68. The van der Waals surface area contributed by atoms with Crippen LogP contribution in [0.1, 0.15) is 31.9 Å². The Hall–Kier alpha value is -1.42. The summed E-state index contributed by atoms with van der Waals surface area (Å²) in [6.45, 7) is 3.35. The Labute approximate surface area is 93.5 Å². The molecule has 1 heterocycles. The summed E-state index contributed by atoms with van der Waals surface area (Å²) >= 11 is 0. The van der Waals surface area contributed by atoms with Gasteiger partial charge in [-0.15, -0.1) is 0 Å². The van der Waals surface area contributed by atoms with Crippen molar-refractivity contribution < 1.29 is 14.3 Å². The third kappa shape index (κ3) is 1.69. The minimum atomic E-state index is -0.698. The zero-order valence-electron chi connectivity index (χ0n) is 9.27. The highest BCUT2D eigenvalue weighted by Crippen LogP contribution is 2.37. The number of halogens is 1. The Morgan fingerprint density at radius 1 is 1.56 bits per heavy atom. The monoisotopic (exact) mass is 223 g/mol. The van der Waals surface area contributed by atoms with E-state index in [1.54, 1.807) is 11.0 Å². The highest BCUT2D eigenvalue weighted by Gasteiger charge is 2.31. The number of carbonyl (C=O) groups excluding carboxylic acids is 1. The van der Waals surface area contributed by atoms with Gasteiger partial charge in [0, 0.05) is 24.2 Å². The first-order valence-corrected chi connectivity index (χ1v) is 5.28. The van der Waals surface area contributed by atoms with Gasteiger partial charge in [-0.3, -0.25) is 4.79 Å². The van der Waals surface area contributed by atoms with Gasteiger partial charge in [0.2, 0.25) is 5.91 Å². The fraction of sp³-hybridized carbons (Fsp3) is 0.417. The maximum Gasteiger partial charge on any atom is 0.224 e. The van der Waals surface area contributed by atoms with Crippen LogP contribution in [0.2, 0.25) is 0 Å². The van der Waals surface area contributed by atoms with Crippen LogP contribution in [0.5, 0.6) is 0 Å². The summed E-state index contributed by atoms with van der Waals surface area (Å²) in [5.41, 5.74) is 1.11. The molecule has 0 unspecified atom stereocenters. The largest absolute Gasteiger partial charge is 0.388 e. The van der Waals surface area contributed by atoms with Crippen LogP contribution in [0.25, 0.3) is 0 Å². The first kappa shape index (κ1) is 11.1. The van der Waals surface area contributed by atoms with Crippen molar-refractivity contribution >= 4 is 11.6 Å². The van der Waals surface area contributed by atoms with Crippen molar-refractivity contribution in [3.05, 3.63) is 29.6 Å². The molecule has 2 rings (SSSR count). The van der Waals surface area contributed by atoms with E-state index >= 15 is 0 Å². The molecule has 0 radical (unpaired) electrons. The Morgan fingerprint density at radius 2 is 2.25 bits per heavy atom. The van der Waals surface area contributed by atoms with E-state index in [0.717, 1.165) is 0 Å². The van der Waals surface area contributed by atoms with Crippen molar-refractivity contribution in [3.63, 3.8) is 0 Å². The molecule has 1 aromatic carbocycles. The fourth-order valence-corrected chi connectivity index (χ4v) is 2.28. The van der Waals surface area contributed by atoms with Gasteiger partial charge in [0.1, 0.15) is 5.82 Å². The lowest BCUT2D eigenvalue weighted by atomic mass is 9.94. The van der Waals surface area contributed by atoms with Gasteiger partial charge in [0.05, 0.1) is 6.10 Å². The molecule has 1 N–H and O–H groups in total. The Bertz CT molecular complexity index is 433. The van der Waals surface area contributed by atoms with Gasteiger partial charge in [-0.1, -0.05) is 0 Å². The van der Waals surface area contributed by atoms with E-state index in [4.69, 9.17) is 0 Å². The lowest BCUT2D eigenvalue weighted by Gasteiger charge is -2.37. The molecular formula is C12H14FNO2. The average Bonchev–Trinajstić information content (AvgIpc) is 2.18. The van der Waals surface area contributed by atoms with E-state index < -0.39 is 11.9 Å². The van der Waals surface area contributed by atoms with Gasteiger partial charge in [-0.2, -0.15) is 0 Å². The first-order chi connectivity index (χ1) is 7.50. The molecule has 4 heteroatoms. The molecular weight excluding hydrogens is 209 g/mol. The van der Waals surface area contributed by atoms with Crippen LogP contribution in [-0.2, 0) is 4.79 Å². The second-order valence-electron chi connectivity index (χ2n) is 4.19. The molecule has 1 aliphatic rings. The molecule has 86 valence electrons. The van der Waals surface area contributed by atoms with Gasteiger partial charge in [-0.05, 0) is 31.5 Å². The summed E-state index contributed by atoms with van der Waals surface area (Å²) in [5.74, 6) is -0.483. The number of aliphatic hydroxyl groups is 1. The molecule has 3 nitrogen and oxygen atoms in total. The van der Waals surface area contributed by atoms with Crippen molar-refractivity contribution in [2.45, 2.75) is 32.4 Å². The number of nitrogens with zero attached hydrogens (tertiary/aromatic N) is 1. The topological polar surface area (TPSA) is 40.5 Å². The van der Waals surface area contributed by atoms with Crippen LogP contribution in [0.4, 0.5) is 10.1 Å². The van der Waals surface area contributed by atoms with Gasteiger partial charge < -0.3 is 10.0 Å². The van der Waals surface area contributed by atoms with Crippen molar-refractivity contribution in [2.75, 3.05) is 4.90 Å². The van der Waals surface area contributed by atoms with Gasteiger partial charge >= 0.3 is 0 Å². The quantitative estimate of drug-likeness (QED) is 0.730. The zero-order valence-corrected chi connectivity index (χ0v) is 9.27. The van der Waals surface area contributed by atoms with E-state index in [1.165, 1.54) is 19.1 Å². The summed E-state index contributed by atoms with van der Waals surface area (Å²) in [6.07, 6.45) is -0.257. The summed E-state index contributed by atoms with van der Waals surface area (Å²) in [7, 11) is 0. The van der Waals surface area contributed by atoms with Crippen molar-refractivity contribution in [1.29, 1.82) is 0 Å². The standard InChI is InChI=1S/C12H14FNO2/c1-7-5-12(16)10-6-9(13)3-4-11(10)14(7)8(2)15/h3-4,6-7,12,16H,5H2,1-2H3/t7-,12+/m1/s1. The van der Waals surface area contributed by atoms with E-state index in [-0.39, 0.29) is 11.9 Å². The van der Waals surface area contributed by atoms with Gasteiger partial charge in [-0.25, -0.2) is 4.39 Å². The summed E-state index contributed by atoms with van der Waals surface area (Å²) < 4.78 is 13.1. The molecule has 0 aliphatic carbocycles. The number of aliphatic hydroxyl groups excluding tert-OH is 1. The molecule has 16 heavy (non-hydrogen) atoms. The van der Waals surface area contributed by atoms with Crippen molar-refractivity contribution in [3.8, 4) is 0 Å². The van der Waals surface area contributed by atoms with Crippen LogP contribution in [0.3, 0.4) is 0 Å². The van der Waals surface area contributed by atoms with Crippen molar-refractivity contribution in [2.24, 2.45) is 0 Å². The number of hydrogen-bond acceptors (Lipinski definition) is 2. The number of anilines is 1. The molecule has 1 aromatic rings. The summed E-state index contributed by atoms with van der Waals surface area (Å²) in [4.78, 5) is 13.1. The van der Waals surface area contributed by atoms with E-state index in [0.29, 0.717) is 17.7 Å². The second-order valence-corrected chi connectivity index (χ2v) is 4.19. The van der Waals surface area contributed by atoms with Crippen LogP contribution >= 0.6 is 0 Å². The minimum Gasteiger partial charge on any atom is -0.388 e. The van der Waals surface area contributed by atoms with E-state index in [2.05, 4.69) is 0 Å². The predicted molar refractivity (Wildman–Crippen MR) is 58.6 cm³/mol. The normalized spacial score (nSPS) is 24.1. The van der Waals surface area contributed by atoms with E-state index in [9.17, 15) is 14.3 Å². The van der Waals surface area contributed by atoms with Crippen LogP contribution in [0.15, 0.2) is 18.2 Å². The fourth-order valence-electron chi connectivity index (χ4n) is 2.28. The molecule has 1 amide bonds. The maximum atomic E-state index is 13.1. The second kappa shape index (κ2) is 3.87. The Balaban J connectivity index is 2.54. The molecule has 2 atom stereocenters. The van der Waals surface area contributed by atoms with Gasteiger partial charge in [0.25, 0.3) is 0 Å². The molecule has 0 saturated heterocycles. The molecule has 0 spiro atoms. The number of carbonyl (C=O) groups is 1. The van der Waals surface area contributed by atoms with Gasteiger partial charge in [0.15, 0.2) is 0 Å². The number of benzene rings is 1. The van der Waals surface area contributed by atoms with Crippen LogP contribution in [0, 0.1) is 5.82 Å². The number of hydrogen-bond donors (Lipinski definition) is 1. The number of fused-ring (bicyclic) bond motifs is 1. The molecule has 0 saturated carbocycles. The van der Waals surface area contributed by atoms with E-state index in [1.807, 2.05) is 6.92 Å². The maximum absolute atomic E-state index is 13.1. The van der Waals surface area contributed by atoms with Crippen LogP contribution in [-0.4, -0.2) is 17.1 Å². The third-order valence-electron chi connectivity index (χ3n) is 2.95.